The number of aryl methyl sites for hydroxylation is 2. The second kappa shape index (κ2) is 8.61. The molecular formula is C24H23N5. The molecule has 1 N–H and O–H groups in total. The number of nitrogens with one attached hydrogen (secondary N) is 1. The summed E-state index contributed by atoms with van der Waals surface area (Å²) in [4.78, 5) is 8.99. The van der Waals surface area contributed by atoms with Gasteiger partial charge in [-0.15, -0.1) is 0 Å². The van der Waals surface area contributed by atoms with Crippen LogP contribution >= 0.6 is 0 Å². The molecule has 0 atom stereocenters. The molecule has 2 heterocycles. The van der Waals surface area contributed by atoms with Crippen molar-refractivity contribution >= 4 is 16.5 Å². The quantitative estimate of drug-likeness (QED) is 0.392. The first-order valence-electron chi connectivity index (χ1n) is 9.81. The average molecular weight is 381 g/mol. The average Bonchev–Trinajstić information content (AvgIpc) is 3.25. The van der Waals surface area contributed by atoms with Gasteiger partial charge in [-0.25, -0.2) is 10.5 Å². The highest BCUT2D eigenvalue weighted by molar-refractivity contribution is 5.85. The molecule has 2 aromatic heterocycles. The molecule has 4 rings (SSSR count). The number of benzene rings is 2. The van der Waals surface area contributed by atoms with E-state index in [-0.39, 0.29) is 0 Å². The van der Waals surface area contributed by atoms with Crippen LogP contribution in [0.3, 0.4) is 0 Å². The van der Waals surface area contributed by atoms with Gasteiger partial charge >= 0.3 is 0 Å². The number of imidazole rings is 1. The van der Waals surface area contributed by atoms with Crippen molar-refractivity contribution in [3.05, 3.63) is 90.5 Å². The minimum absolute atomic E-state index is 0.659. The Kier molecular flexibility index (Phi) is 5.56. The Morgan fingerprint density at radius 3 is 2.79 bits per heavy atom. The van der Waals surface area contributed by atoms with E-state index in [0.29, 0.717) is 5.70 Å². The summed E-state index contributed by atoms with van der Waals surface area (Å²) in [5.74, 6) is 0. The number of fused-ring (bicyclic) bond motifs is 1. The van der Waals surface area contributed by atoms with E-state index >= 15 is 0 Å². The summed E-state index contributed by atoms with van der Waals surface area (Å²) in [6.45, 7) is 2.88. The largest absolute Gasteiger partial charge is 0.336 e. The second-order valence-electron chi connectivity index (χ2n) is 6.92. The number of hydrogen-bond donors (Lipinski definition) is 1. The number of aromatic nitrogens is 3. The lowest BCUT2D eigenvalue weighted by molar-refractivity contribution is 0.698. The molecule has 0 saturated heterocycles. The zero-order valence-corrected chi connectivity index (χ0v) is 16.4. The van der Waals surface area contributed by atoms with Crippen LogP contribution in [0.4, 0.5) is 0 Å². The highest BCUT2D eigenvalue weighted by Gasteiger charge is 2.08. The third kappa shape index (κ3) is 4.14. The lowest BCUT2D eigenvalue weighted by Gasteiger charge is -2.07. The minimum Gasteiger partial charge on any atom is -0.336 e. The summed E-state index contributed by atoms with van der Waals surface area (Å²) in [7, 11) is 0. The van der Waals surface area contributed by atoms with Crippen LogP contribution < -0.4 is 0 Å². The molecule has 0 unspecified atom stereocenters. The third-order valence-corrected chi connectivity index (χ3v) is 4.99. The number of hydrogen-bond acceptors (Lipinski definition) is 4. The highest BCUT2D eigenvalue weighted by Crippen LogP contribution is 2.23. The van der Waals surface area contributed by atoms with Crippen molar-refractivity contribution in [1.29, 1.82) is 5.53 Å². The molecule has 0 saturated carbocycles. The highest BCUT2D eigenvalue weighted by atomic mass is 15.0. The summed E-state index contributed by atoms with van der Waals surface area (Å²) in [6.07, 6.45) is 9.33. The number of rotatable bonds is 7. The molecule has 0 spiro atoms. The van der Waals surface area contributed by atoms with Crippen LogP contribution in [0, 0.1) is 5.53 Å². The SMILES string of the molecule is CC/C=C(\N=N)c1ccnc(-c2cn(CCc3cccc4ccccc34)cn2)c1. The van der Waals surface area contributed by atoms with Gasteiger partial charge in [0.1, 0.15) is 5.69 Å². The number of pyridine rings is 1. The molecule has 0 bridgehead atoms. The second-order valence-corrected chi connectivity index (χ2v) is 6.92. The molecular weight excluding hydrogens is 358 g/mol. The van der Waals surface area contributed by atoms with Crippen LogP contribution in [-0.2, 0) is 13.0 Å². The zero-order valence-electron chi connectivity index (χ0n) is 16.4. The number of nitrogens with zero attached hydrogens (tertiary/aromatic N) is 4. The predicted molar refractivity (Wildman–Crippen MR) is 117 cm³/mol. The topological polar surface area (TPSA) is 66.9 Å². The lowest BCUT2D eigenvalue weighted by atomic mass is 10.0. The van der Waals surface area contributed by atoms with Gasteiger partial charge in [0.2, 0.25) is 0 Å². The molecule has 5 heteroatoms. The van der Waals surface area contributed by atoms with Crippen molar-refractivity contribution in [2.75, 3.05) is 0 Å². The van der Waals surface area contributed by atoms with Gasteiger partial charge in [-0.1, -0.05) is 55.5 Å². The fourth-order valence-electron chi connectivity index (χ4n) is 3.53. The van der Waals surface area contributed by atoms with Crippen LogP contribution in [0.5, 0.6) is 0 Å². The smallest absolute Gasteiger partial charge is 0.107 e. The molecule has 29 heavy (non-hydrogen) atoms. The predicted octanol–water partition coefficient (Wildman–Crippen LogP) is 6.12. The van der Waals surface area contributed by atoms with Gasteiger partial charge in [-0.2, -0.15) is 5.11 Å². The summed E-state index contributed by atoms with van der Waals surface area (Å²) in [5.41, 5.74) is 11.9. The summed E-state index contributed by atoms with van der Waals surface area (Å²) < 4.78 is 2.10. The molecule has 0 aliphatic carbocycles. The van der Waals surface area contributed by atoms with Crippen molar-refractivity contribution in [3.8, 4) is 11.4 Å². The summed E-state index contributed by atoms with van der Waals surface area (Å²) in [6, 6.07) is 18.8. The molecule has 4 aromatic rings. The van der Waals surface area contributed by atoms with Gasteiger partial charge in [-0.3, -0.25) is 4.98 Å². The Hall–Kier alpha value is -3.60. The number of allylic oxidation sites excluding steroid dienone is 1. The first-order valence-corrected chi connectivity index (χ1v) is 9.81. The normalized spacial score (nSPS) is 11.7. The van der Waals surface area contributed by atoms with E-state index in [4.69, 9.17) is 5.53 Å². The zero-order chi connectivity index (χ0) is 20.1. The molecule has 144 valence electrons. The van der Waals surface area contributed by atoms with Crippen LogP contribution in [0.2, 0.25) is 0 Å². The Bertz CT molecular complexity index is 1170. The maximum Gasteiger partial charge on any atom is 0.107 e. The standard InChI is InChI=1S/C24H23N5/c1-2-6-22(28-25)20-11-13-26-23(15-20)24-16-29(17-27-24)14-12-19-9-5-8-18-7-3-4-10-21(18)19/h3-11,13,15-17,25H,2,12,14H2,1H3/b22-6-,28-25?. The fourth-order valence-corrected chi connectivity index (χ4v) is 3.53. The molecule has 2 aromatic carbocycles. The van der Waals surface area contributed by atoms with Crippen LogP contribution in [0.15, 0.2) is 84.5 Å². The van der Waals surface area contributed by atoms with Gasteiger partial charge in [0.25, 0.3) is 0 Å². The van der Waals surface area contributed by atoms with E-state index in [1.807, 2.05) is 37.7 Å². The first-order chi connectivity index (χ1) is 14.3. The van der Waals surface area contributed by atoms with E-state index in [1.165, 1.54) is 16.3 Å². The molecule has 5 nitrogen and oxygen atoms in total. The van der Waals surface area contributed by atoms with Crippen LogP contribution in [-0.4, -0.2) is 14.5 Å². The third-order valence-electron chi connectivity index (χ3n) is 4.99. The van der Waals surface area contributed by atoms with Crippen molar-refractivity contribution in [2.45, 2.75) is 26.3 Å². The van der Waals surface area contributed by atoms with E-state index in [0.717, 1.165) is 36.3 Å². The Morgan fingerprint density at radius 1 is 1.07 bits per heavy atom. The van der Waals surface area contributed by atoms with E-state index in [1.54, 1.807) is 6.20 Å². The van der Waals surface area contributed by atoms with Crippen molar-refractivity contribution < 1.29 is 0 Å². The van der Waals surface area contributed by atoms with Crippen molar-refractivity contribution in [1.82, 2.24) is 14.5 Å². The van der Waals surface area contributed by atoms with Crippen LogP contribution in [0.25, 0.3) is 27.9 Å². The summed E-state index contributed by atoms with van der Waals surface area (Å²) in [5, 5.41) is 6.21. The maximum absolute atomic E-state index is 7.39. The Labute approximate surface area is 170 Å². The molecule has 0 aliphatic heterocycles. The van der Waals surface area contributed by atoms with E-state index in [9.17, 15) is 0 Å². The van der Waals surface area contributed by atoms with E-state index in [2.05, 4.69) is 62.1 Å². The maximum atomic E-state index is 7.39. The lowest BCUT2D eigenvalue weighted by Crippen LogP contribution is -1.99. The van der Waals surface area contributed by atoms with Gasteiger partial charge in [0, 0.05) is 24.5 Å². The van der Waals surface area contributed by atoms with Gasteiger partial charge in [0.15, 0.2) is 0 Å². The minimum atomic E-state index is 0.659. The Morgan fingerprint density at radius 2 is 1.93 bits per heavy atom. The fraction of sp³-hybridized carbons (Fsp3) is 0.167. The van der Waals surface area contributed by atoms with Crippen molar-refractivity contribution in [2.24, 2.45) is 5.11 Å². The van der Waals surface area contributed by atoms with E-state index < -0.39 is 0 Å². The first kappa shape index (κ1) is 18.7. The molecule has 0 aliphatic rings. The van der Waals surface area contributed by atoms with Gasteiger partial charge in [-0.05, 0) is 41.3 Å². The van der Waals surface area contributed by atoms with Crippen LogP contribution in [0.1, 0.15) is 24.5 Å². The van der Waals surface area contributed by atoms with Crippen molar-refractivity contribution in [3.63, 3.8) is 0 Å². The van der Waals surface area contributed by atoms with Gasteiger partial charge in [0.05, 0.1) is 17.7 Å². The molecule has 0 radical (unpaired) electrons. The molecule has 0 amide bonds. The molecule has 0 fully saturated rings. The summed E-state index contributed by atoms with van der Waals surface area (Å²) >= 11 is 0. The Balaban J connectivity index is 1.53. The van der Waals surface area contributed by atoms with Gasteiger partial charge < -0.3 is 4.57 Å². The monoisotopic (exact) mass is 381 g/mol.